The SMILES string of the molecule is CC(C)c1nccc(N2CCN(c3ccc4c(=O)n(C)cnc4c3)CC2)n1. The van der Waals surface area contributed by atoms with Crippen LogP contribution in [0.2, 0.25) is 0 Å². The molecule has 7 heteroatoms. The van der Waals surface area contributed by atoms with Crippen molar-refractivity contribution < 1.29 is 0 Å². The second-order valence-electron chi connectivity index (χ2n) is 7.26. The van der Waals surface area contributed by atoms with E-state index in [9.17, 15) is 4.79 Å². The van der Waals surface area contributed by atoms with Crippen LogP contribution >= 0.6 is 0 Å². The van der Waals surface area contributed by atoms with Gasteiger partial charge in [-0.3, -0.25) is 4.79 Å². The van der Waals surface area contributed by atoms with Crippen LogP contribution in [0.25, 0.3) is 10.9 Å². The monoisotopic (exact) mass is 364 g/mol. The van der Waals surface area contributed by atoms with Gasteiger partial charge in [0.15, 0.2) is 0 Å². The second-order valence-corrected chi connectivity index (χ2v) is 7.26. The van der Waals surface area contributed by atoms with E-state index in [2.05, 4.69) is 33.6 Å². The van der Waals surface area contributed by atoms with E-state index in [-0.39, 0.29) is 5.56 Å². The molecule has 1 saturated heterocycles. The van der Waals surface area contributed by atoms with Crippen molar-refractivity contribution in [2.75, 3.05) is 36.0 Å². The molecule has 3 aromatic rings. The smallest absolute Gasteiger partial charge is 0.260 e. The molecule has 0 atom stereocenters. The zero-order valence-electron chi connectivity index (χ0n) is 16.0. The van der Waals surface area contributed by atoms with Gasteiger partial charge in [-0.05, 0) is 24.3 Å². The lowest BCUT2D eigenvalue weighted by atomic mass is 10.2. The van der Waals surface area contributed by atoms with Gasteiger partial charge in [0.25, 0.3) is 5.56 Å². The Balaban J connectivity index is 1.51. The van der Waals surface area contributed by atoms with Crippen LogP contribution < -0.4 is 15.4 Å². The van der Waals surface area contributed by atoms with Gasteiger partial charge in [0.05, 0.1) is 17.2 Å². The Kier molecular flexibility index (Phi) is 4.51. The molecule has 0 bridgehead atoms. The highest BCUT2D eigenvalue weighted by Crippen LogP contribution is 2.22. The van der Waals surface area contributed by atoms with Crippen LogP contribution in [0.4, 0.5) is 11.5 Å². The molecule has 7 nitrogen and oxygen atoms in total. The fourth-order valence-corrected chi connectivity index (χ4v) is 3.41. The second kappa shape index (κ2) is 6.98. The highest BCUT2D eigenvalue weighted by molar-refractivity contribution is 5.81. The quantitative estimate of drug-likeness (QED) is 0.710. The molecule has 0 unspecified atom stereocenters. The molecule has 0 N–H and O–H groups in total. The zero-order chi connectivity index (χ0) is 19.0. The Morgan fingerprint density at radius 2 is 1.74 bits per heavy atom. The summed E-state index contributed by atoms with van der Waals surface area (Å²) in [6, 6.07) is 7.89. The van der Waals surface area contributed by atoms with Gasteiger partial charge in [-0.15, -0.1) is 0 Å². The predicted octanol–water partition coefficient (Wildman–Crippen LogP) is 2.17. The predicted molar refractivity (Wildman–Crippen MR) is 108 cm³/mol. The lowest BCUT2D eigenvalue weighted by Gasteiger charge is -2.36. The fraction of sp³-hybridized carbons (Fsp3) is 0.400. The highest BCUT2D eigenvalue weighted by Gasteiger charge is 2.19. The average Bonchev–Trinajstić information content (AvgIpc) is 2.71. The minimum atomic E-state index is -0.0129. The summed E-state index contributed by atoms with van der Waals surface area (Å²) in [6.07, 6.45) is 3.42. The van der Waals surface area contributed by atoms with E-state index < -0.39 is 0 Å². The molecule has 0 amide bonds. The largest absolute Gasteiger partial charge is 0.368 e. The molecule has 0 radical (unpaired) electrons. The molecule has 0 aliphatic carbocycles. The Morgan fingerprint density at radius 3 is 2.48 bits per heavy atom. The molecule has 1 fully saturated rings. The molecule has 27 heavy (non-hydrogen) atoms. The number of fused-ring (bicyclic) bond motifs is 1. The molecule has 140 valence electrons. The summed E-state index contributed by atoms with van der Waals surface area (Å²) in [4.78, 5) is 30.3. The Bertz CT molecular complexity index is 1020. The summed E-state index contributed by atoms with van der Waals surface area (Å²) in [7, 11) is 1.72. The first kappa shape index (κ1) is 17.5. The van der Waals surface area contributed by atoms with Crippen molar-refractivity contribution in [1.29, 1.82) is 0 Å². The number of rotatable bonds is 3. The molecule has 2 aromatic heterocycles. The Hall–Kier alpha value is -2.96. The summed E-state index contributed by atoms with van der Waals surface area (Å²) in [5.74, 6) is 2.21. The maximum absolute atomic E-state index is 12.2. The summed E-state index contributed by atoms with van der Waals surface area (Å²) < 4.78 is 1.51. The molecule has 1 aliphatic heterocycles. The van der Waals surface area contributed by atoms with Gasteiger partial charge >= 0.3 is 0 Å². The molecule has 4 rings (SSSR count). The standard InChI is InChI=1S/C20H24N6O/c1-14(2)19-21-7-6-18(23-19)26-10-8-25(9-11-26)15-4-5-16-17(12-15)22-13-24(3)20(16)27/h4-7,12-14H,8-11H2,1-3H3. The van der Waals surface area contributed by atoms with Crippen molar-refractivity contribution >= 4 is 22.4 Å². The van der Waals surface area contributed by atoms with E-state index in [4.69, 9.17) is 4.98 Å². The van der Waals surface area contributed by atoms with E-state index >= 15 is 0 Å². The van der Waals surface area contributed by atoms with Gasteiger partial charge in [0, 0.05) is 51.0 Å². The van der Waals surface area contributed by atoms with E-state index in [1.54, 1.807) is 13.4 Å². The van der Waals surface area contributed by atoms with Crippen molar-refractivity contribution in [1.82, 2.24) is 19.5 Å². The third-order valence-corrected chi connectivity index (χ3v) is 5.05. The lowest BCUT2D eigenvalue weighted by molar-refractivity contribution is 0.642. The summed E-state index contributed by atoms with van der Waals surface area (Å²) in [5, 5.41) is 0.657. The number of hydrogen-bond donors (Lipinski definition) is 0. The Labute approximate surface area is 158 Å². The third kappa shape index (κ3) is 3.37. The van der Waals surface area contributed by atoms with Crippen molar-refractivity contribution in [3.63, 3.8) is 0 Å². The number of aryl methyl sites for hydroxylation is 1. The maximum Gasteiger partial charge on any atom is 0.260 e. The van der Waals surface area contributed by atoms with E-state index in [0.717, 1.165) is 49.0 Å². The summed E-state index contributed by atoms with van der Waals surface area (Å²) in [5.41, 5.74) is 1.84. The van der Waals surface area contributed by atoms with E-state index in [1.807, 2.05) is 30.5 Å². The molecular weight excluding hydrogens is 340 g/mol. The van der Waals surface area contributed by atoms with Crippen molar-refractivity contribution in [3.05, 3.63) is 53.0 Å². The first-order valence-corrected chi connectivity index (χ1v) is 9.31. The Morgan fingerprint density at radius 1 is 1.00 bits per heavy atom. The topological polar surface area (TPSA) is 67.2 Å². The van der Waals surface area contributed by atoms with Crippen LogP contribution in [0, 0.1) is 0 Å². The van der Waals surface area contributed by atoms with Crippen LogP contribution in [0.1, 0.15) is 25.6 Å². The van der Waals surface area contributed by atoms with Crippen molar-refractivity contribution in [3.8, 4) is 0 Å². The summed E-state index contributed by atoms with van der Waals surface area (Å²) >= 11 is 0. The van der Waals surface area contributed by atoms with Crippen molar-refractivity contribution in [2.24, 2.45) is 7.05 Å². The van der Waals surface area contributed by atoms with Gasteiger partial charge in [-0.1, -0.05) is 13.8 Å². The molecule has 1 aromatic carbocycles. The third-order valence-electron chi connectivity index (χ3n) is 5.05. The van der Waals surface area contributed by atoms with Gasteiger partial charge in [-0.2, -0.15) is 0 Å². The van der Waals surface area contributed by atoms with Crippen LogP contribution in [0.5, 0.6) is 0 Å². The van der Waals surface area contributed by atoms with Crippen LogP contribution in [0.3, 0.4) is 0 Å². The van der Waals surface area contributed by atoms with Gasteiger partial charge in [-0.25, -0.2) is 15.0 Å². The normalized spacial score (nSPS) is 15.0. The van der Waals surface area contributed by atoms with Gasteiger partial charge in [0.2, 0.25) is 0 Å². The molecule has 1 aliphatic rings. The highest BCUT2D eigenvalue weighted by atomic mass is 16.1. The molecule has 0 saturated carbocycles. The first-order chi connectivity index (χ1) is 13.0. The minimum Gasteiger partial charge on any atom is -0.368 e. The van der Waals surface area contributed by atoms with Crippen LogP contribution in [-0.2, 0) is 7.05 Å². The number of aromatic nitrogens is 4. The minimum absolute atomic E-state index is 0.0129. The zero-order valence-corrected chi connectivity index (χ0v) is 16.0. The number of nitrogens with zero attached hydrogens (tertiary/aromatic N) is 6. The average molecular weight is 364 g/mol. The number of benzene rings is 1. The lowest BCUT2D eigenvalue weighted by Crippen LogP contribution is -2.47. The van der Waals surface area contributed by atoms with Crippen LogP contribution in [0.15, 0.2) is 41.6 Å². The first-order valence-electron chi connectivity index (χ1n) is 9.31. The molecule has 3 heterocycles. The van der Waals surface area contributed by atoms with Crippen LogP contribution in [-0.4, -0.2) is 45.7 Å². The number of hydrogen-bond acceptors (Lipinski definition) is 6. The molecular formula is C20H24N6O. The fourth-order valence-electron chi connectivity index (χ4n) is 3.41. The maximum atomic E-state index is 12.2. The number of anilines is 2. The van der Waals surface area contributed by atoms with Gasteiger partial charge in [0.1, 0.15) is 11.6 Å². The van der Waals surface area contributed by atoms with Gasteiger partial charge < -0.3 is 14.4 Å². The number of piperazine rings is 1. The molecule has 0 spiro atoms. The summed E-state index contributed by atoms with van der Waals surface area (Å²) in [6.45, 7) is 7.82. The van der Waals surface area contributed by atoms with Crippen molar-refractivity contribution in [2.45, 2.75) is 19.8 Å². The van der Waals surface area contributed by atoms with E-state index in [1.165, 1.54) is 4.57 Å². The van der Waals surface area contributed by atoms with E-state index in [0.29, 0.717) is 11.3 Å².